The fourth-order valence-electron chi connectivity index (χ4n) is 1.14. The van der Waals surface area contributed by atoms with Gasteiger partial charge in [-0.1, -0.05) is 6.92 Å². The highest BCUT2D eigenvalue weighted by Gasteiger charge is 2.25. The monoisotopic (exact) mass is 143 g/mol. The van der Waals surface area contributed by atoms with Gasteiger partial charge in [-0.3, -0.25) is 4.90 Å². The van der Waals surface area contributed by atoms with Gasteiger partial charge in [0.05, 0.1) is 12.7 Å². The van der Waals surface area contributed by atoms with Crippen LogP contribution in [0, 0.1) is 0 Å². The van der Waals surface area contributed by atoms with E-state index in [0.29, 0.717) is 12.1 Å². The Morgan fingerprint density at radius 2 is 2.20 bits per heavy atom. The van der Waals surface area contributed by atoms with E-state index in [1.54, 1.807) is 0 Å². The third kappa shape index (κ3) is 2.27. The Balaban J connectivity index is 2.17. The van der Waals surface area contributed by atoms with Crippen molar-refractivity contribution >= 4 is 0 Å². The maximum absolute atomic E-state index is 5.15. The summed E-state index contributed by atoms with van der Waals surface area (Å²) in [5.41, 5.74) is 0. The molecule has 1 rings (SSSR count). The van der Waals surface area contributed by atoms with E-state index in [9.17, 15) is 0 Å². The van der Waals surface area contributed by atoms with Crippen molar-refractivity contribution in [2.45, 2.75) is 32.9 Å². The Morgan fingerprint density at radius 3 is 2.50 bits per heavy atom. The molecule has 0 aromatic carbocycles. The van der Waals surface area contributed by atoms with Crippen molar-refractivity contribution in [2.24, 2.45) is 0 Å². The molecule has 2 heteroatoms. The summed E-state index contributed by atoms with van der Waals surface area (Å²) in [6.45, 7) is 9.88. The van der Waals surface area contributed by atoms with Crippen LogP contribution in [0.25, 0.3) is 0 Å². The van der Waals surface area contributed by atoms with Crippen LogP contribution >= 0.6 is 0 Å². The average Bonchev–Trinajstić information content (AvgIpc) is 2.64. The van der Waals surface area contributed by atoms with E-state index in [1.807, 2.05) is 0 Å². The summed E-state index contributed by atoms with van der Waals surface area (Å²) in [5, 5.41) is 0. The number of rotatable bonds is 4. The van der Waals surface area contributed by atoms with Crippen molar-refractivity contribution in [2.75, 3.05) is 19.7 Å². The highest BCUT2D eigenvalue weighted by molar-refractivity contribution is 4.75. The van der Waals surface area contributed by atoms with Crippen molar-refractivity contribution < 1.29 is 4.74 Å². The van der Waals surface area contributed by atoms with E-state index >= 15 is 0 Å². The third-order valence-corrected chi connectivity index (χ3v) is 1.98. The topological polar surface area (TPSA) is 15.8 Å². The molecule has 2 nitrogen and oxygen atoms in total. The van der Waals surface area contributed by atoms with Gasteiger partial charge in [0.1, 0.15) is 0 Å². The van der Waals surface area contributed by atoms with Gasteiger partial charge < -0.3 is 4.74 Å². The van der Waals surface area contributed by atoms with E-state index in [1.165, 1.54) is 0 Å². The van der Waals surface area contributed by atoms with Gasteiger partial charge in [0.2, 0.25) is 0 Å². The van der Waals surface area contributed by atoms with Gasteiger partial charge in [0.15, 0.2) is 0 Å². The van der Waals surface area contributed by atoms with Crippen LogP contribution in [0.2, 0.25) is 0 Å². The van der Waals surface area contributed by atoms with Gasteiger partial charge in [-0.25, -0.2) is 0 Å². The van der Waals surface area contributed by atoms with Crippen molar-refractivity contribution in [3.05, 3.63) is 0 Å². The van der Waals surface area contributed by atoms with Crippen LogP contribution in [0.5, 0.6) is 0 Å². The fraction of sp³-hybridized carbons (Fsp3) is 1.00. The Labute approximate surface area is 63.2 Å². The quantitative estimate of drug-likeness (QED) is 0.548. The van der Waals surface area contributed by atoms with Gasteiger partial charge in [-0.05, 0) is 20.4 Å². The number of hydrogen-bond acceptors (Lipinski definition) is 2. The average molecular weight is 143 g/mol. The molecule has 0 amide bonds. The summed E-state index contributed by atoms with van der Waals surface area (Å²) in [6, 6.07) is 0.661. The Bertz CT molecular complexity index is 99.4. The molecule has 10 heavy (non-hydrogen) atoms. The highest BCUT2D eigenvalue weighted by atomic mass is 16.6. The predicted molar refractivity (Wildman–Crippen MR) is 42.1 cm³/mol. The van der Waals surface area contributed by atoms with Crippen LogP contribution in [0.3, 0.4) is 0 Å². The van der Waals surface area contributed by atoms with Gasteiger partial charge >= 0.3 is 0 Å². The number of ether oxygens (including phenoxy) is 1. The summed E-state index contributed by atoms with van der Waals surface area (Å²) >= 11 is 0. The first-order chi connectivity index (χ1) is 4.74. The summed E-state index contributed by atoms with van der Waals surface area (Å²) in [7, 11) is 0. The van der Waals surface area contributed by atoms with Crippen molar-refractivity contribution in [1.29, 1.82) is 0 Å². The lowest BCUT2D eigenvalue weighted by atomic mass is 10.3. The summed E-state index contributed by atoms with van der Waals surface area (Å²) in [5.74, 6) is 0. The molecule has 1 saturated heterocycles. The molecular formula is C8H17NO. The molecule has 0 aromatic rings. The van der Waals surface area contributed by atoms with Gasteiger partial charge in [-0.2, -0.15) is 0 Å². The van der Waals surface area contributed by atoms with Crippen LogP contribution in [-0.4, -0.2) is 36.7 Å². The summed E-state index contributed by atoms with van der Waals surface area (Å²) in [6.07, 6.45) is 0.544. The Hall–Kier alpha value is -0.0800. The summed E-state index contributed by atoms with van der Waals surface area (Å²) in [4.78, 5) is 2.43. The molecule has 0 spiro atoms. The number of hydrogen-bond donors (Lipinski definition) is 0. The third-order valence-electron chi connectivity index (χ3n) is 1.98. The molecule has 0 radical (unpaired) electrons. The van der Waals surface area contributed by atoms with E-state index in [0.717, 1.165) is 19.7 Å². The SMILES string of the molecule is CCN(CC1CO1)C(C)C. The van der Waals surface area contributed by atoms with E-state index in [4.69, 9.17) is 4.74 Å². The molecule has 60 valence electrons. The molecule has 1 heterocycles. The fourth-order valence-corrected chi connectivity index (χ4v) is 1.14. The largest absolute Gasteiger partial charge is 0.372 e. The minimum Gasteiger partial charge on any atom is -0.372 e. The van der Waals surface area contributed by atoms with Crippen LogP contribution < -0.4 is 0 Å². The minimum absolute atomic E-state index is 0.544. The Morgan fingerprint density at radius 1 is 1.60 bits per heavy atom. The Kier molecular flexibility index (Phi) is 2.69. The highest BCUT2D eigenvalue weighted by Crippen LogP contribution is 2.12. The van der Waals surface area contributed by atoms with Gasteiger partial charge in [0, 0.05) is 12.6 Å². The zero-order valence-corrected chi connectivity index (χ0v) is 7.13. The van der Waals surface area contributed by atoms with Crippen LogP contribution in [0.4, 0.5) is 0 Å². The minimum atomic E-state index is 0.544. The second-order valence-corrected chi connectivity index (χ2v) is 3.14. The number of epoxide rings is 1. The normalized spacial score (nSPS) is 24.3. The van der Waals surface area contributed by atoms with Crippen molar-refractivity contribution in [1.82, 2.24) is 4.90 Å². The van der Waals surface area contributed by atoms with Crippen LogP contribution in [0.15, 0.2) is 0 Å². The standard InChI is InChI=1S/C8H17NO/c1-4-9(7(2)3)5-8-6-10-8/h7-8H,4-6H2,1-3H3. The first-order valence-corrected chi connectivity index (χ1v) is 4.09. The zero-order valence-electron chi connectivity index (χ0n) is 7.13. The molecule has 0 aliphatic carbocycles. The van der Waals surface area contributed by atoms with E-state index < -0.39 is 0 Å². The molecule has 1 unspecified atom stereocenters. The second-order valence-electron chi connectivity index (χ2n) is 3.14. The lowest BCUT2D eigenvalue weighted by molar-refractivity contribution is 0.209. The number of likely N-dealkylation sites (N-methyl/N-ethyl adjacent to an activating group) is 1. The lowest BCUT2D eigenvalue weighted by Crippen LogP contribution is -2.33. The molecule has 1 aliphatic rings. The molecule has 1 aliphatic heterocycles. The maximum atomic E-state index is 5.15. The lowest BCUT2D eigenvalue weighted by Gasteiger charge is -2.23. The zero-order chi connectivity index (χ0) is 7.56. The maximum Gasteiger partial charge on any atom is 0.0936 e. The first-order valence-electron chi connectivity index (χ1n) is 4.09. The predicted octanol–water partition coefficient (Wildman–Crippen LogP) is 1.12. The second kappa shape index (κ2) is 3.35. The van der Waals surface area contributed by atoms with Gasteiger partial charge in [0.25, 0.3) is 0 Å². The van der Waals surface area contributed by atoms with Gasteiger partial charge in [-0.15, -0.1) is 0 Å². The van der Waals surface area contributed by atoms with Crippen molar-refractivity contribution in [3.8, 4) is 0 Å². The summed E-state index contributed by atoms with van der Waals surface area (Å²) < 4.78 is 5.15. The number of nitrogens with zero attached hydrogens (tertiary/aromatic N) is 1. The molecule has 0 saturated carbocycles. The molecule has 0 aromatic heterocycles. The molecule has 0 N–H and O–H groups in total. The first kappa shape index (κ1) is 8.02. The van der Waals surface area contributed by atoms with E-state index in [-0.39, 0.29) is 0 Å². The molecular weight excluding hydrogens is 126 g/mol. The van der Waals surface area contributed by atoms with E-state index in [2.05, 4.69) is 25.7 Å². The van der Waals surface area contributed by atoms with Crippen LogP contribution in [0.1, 0.15) is 20.8 Å². The molecule has 1 atom stereocenters. The van der Waals surface area contributed by atoms with Crippen LogP contribution in [-0.2, 0) is 4.74 Å². The molecule has 0 bridgehead atoms. The smallest absolute Gasteiger partial charge is 0.0936 e. The van der Waals surface area contributed by atoms with Crippen molar-refractivity contribution in [3.63, 3.8) is 0 Å². The molecule has 1 fully saturated rings.